The normalized spacial score (nSPS) is 21.8. The lowest BCUT2D eigenvalue weighted by molar-refractivity contribution is -0.131. The van der Waals surface area contributed by atoms with Gasteiger partial charge in [0.15, 0.2) is 5.78 Å². The average molecular weight is 368 g/mol. The van der Waals surface area contributed by atoms with E-state index in [-0.39, 0.29) is 18.2 Å². The molecule has 5 nitrogen and oxygen atoms in total. The van der Waals surface area contributed by atoms with E-state index in [2.05, 4.69) is 5.32 Å². The molecule has 2 aromatic rings. The number of nitrogens with zero attached hydrogens (tertiary/aromatic N) is 1. The van der Waals surface area contributed by atoms with Crippen LogP contribution in [-0.4, -0.2) is 29.2 Å². The Morgan fingerprint density at radius 2 is 2.08 bits per heavy atom. The van der Waals surface area contributed by atoms with Crippen LogP contribution in [0.15, 0.2) is 29.6 Å². The summed E-state index contributed by atoms with van der Waals surface area (Å²) in [7, 11) is 0. The Balaban J connectivity index is 1.62. The molecule has 1 saturated heterocycles. The highest BCUT2D eigenvalue weighted by Gasteiger charge is 2.54. The van der Waals surface area contributed by atoms with Gasteiger partial charge in [0.25, 0.3) is 5.91 Å². The molecule has 26 heavy (non-hydrogen) atoms. The van der Waals surface area contributed by atoms with Gasteiger partial charge in [-0.3, -0.25) is 14.5 Å². The highest BCUT2D eigenvalue weighted by Crippen LogP contribution is 2.42. The van der Waals surface area contributed by atoms with E-state index in [0.717, 1.165) is 39.3 Å². The molecular weight excluding hydrogens is 348 g/mol. The van der Waals surface area contributed by atoms with E-state index >= 15 is 0 Å². The van der Waals surface area contributed by atoms with Crippen LogP contribution < -0.4 is 5.32 Å². The second-order valence-electron chi connectivity index (χ2n) is 7.08. The van der Waals surface area contributed by atoms with Gasteiger partial charge in [0.2, 0.25) is 0 Å². The second kappa shape index (κ2) is 6.06. The number of carbonyl (C=O) groups excluding carboxylic acids is 3. The monoisotopic (exact) mass is 368 g/mol. The Hall–Kier alpha value is -2.47. The fourth-order valence-electron chi connectivity index (χ4n) is 4.04. The third-order valence-corrected chi connectivity index (χ3v) is 6.30. The summed E-state index contributed by atoms with van der Waals surface area (Å²) >= 11 is 1.62. The highest BCUT2D eigenvalue weighted by atomic mass is 32.1. The zero-order chi connectivity index (χ0) is 18.5. The van der Waals surface area contributed by atoms with E-state index in [4.69, 9.17) is 0 Å². The third kappa shape index (κ3) is 2.48. The number of hydrogen-bond donors (Lipinski definition) is 1. The molecule has 0 bridgehead atoms. The number of amides is 3. The Bertz CT molecular complexity index is 933. The molecule has 1 N–H and O–H groups in total. The minimum Gasteiger partial charge on any atom is -0.319 e. The molecule has 1 aliphatic carbocycles. The maximum absolute atomic E-state index is 13.2. The Labute approximate surface area is 156 Å². The molecule has 1 fully saturated rings. The summed E-state index contributed by atoms with van der Waals surface area (Å²) < 4.78 is 0. The van der Waals surface area contributed by atoms with Gasteiger partial charge in [-0.2, -0.15) is 0 Å². The molecule has 3 amide bonds. The first-order chi connectivity index (χ1) is 12.4. The van der Waals surface area contributed by atoms with Crippen LogP contribution in [0.2, 0.25) is 0 Å². The number of hydrogen-bond acceptors (Lipinski definition) is 4. The summed E-state index contributed by atoms with van der Waals surface area (Å²) in [5, 5.41) is 4.84. The van der Waals surface area contributed by atoms with E-state index in [1.54, 1.807) is 17.4 Å². The predicted octanol–water partition coefficient (Wildman–Crippen LogP) is 3.33. The van der Waals surface area contributed by atoms with Gasteiger partial charge in [0.05, 0.1) is 6.54 Å². The maximum Gasteiger partial charge on any atom is 0.325 e. The smallest absolute Gasteiger partial charge is 0.319 e. The van der Waals surface area contributed by atoms with Crippen LogP contribution >= 0.6 is 11.3 Å². The third-order valence-electron chi connectivity index (χ3n) is 5.32. The second-order valence-corrected chi connectivity index (χ2v) is 8.08. The molecule has 1 spiro atoms. The Morgan fingerprint density at radius 3 is 2.85 bits per heavy atom. The van der Waals surface area contributed by atoms with Gasteiger partial charge in [-0.15, -0.1) is 11.3 Å². The minimum atomic E-state index is -0.993. The summed E-state index contributed by atoms with van der Waals surface area (Å²) in [6.45, 7) is 3.60. The van der Waals surface area contributed by atoms with Crippen molar-refractivity contribution in [2.45, 2.75) is 38.6 Å². The molecule has 134 valence electrons. The fourth-order valence-corrected chi connectivity index (χ4v) is 5.04. The quantitative estimate of drug-likeness (QED) is 0.667. The number of nitrogens with one attached hydrogen (secondary N) is 1. The molecule has 4 rings (SSSR count). The van der Waals surface area contributed by atoms with Crippen LogP contribution in [0.5, 0.6) is 0 Å². The van der Waals surface area contributed by atoms with Crippen molar-refractivity contribution in [3.8, 4) is 0 Å². The van der Waals surface area contributed by atoms with Gasteiger partial charge in [-0.25, -0.2) is 4.79 Å². The molecule has 1 atom stereocenters. The molecule has 2 heterocycles. The van der Waals surface area contributed by atoms with Gasteiger partial charge in [-0.05, 0) is 50.1 Å². The minimum absolute atomic E-state index is 0.218. The lowest BCUT2D eigenvalue weighted by Gasteiger charge is -2.31. The SMILES string of the molecule is Cc1ccc(C(=O)CN2C(=O)NC3(CCCc4sccc43)C2=O)c(C)c1. The van der Waals surface area contributed by atoms with Crippen molar-refractivity contribution in [3.05, 3.63) is 56.8 Å². The number of imide groups is 1. The van der Waals surface area contributed by atoms with E-state index in [0.29, 0.717) is 12.0 Å². The van der Waals surface area contributed by atoms with E-state index in [1.165, 1.54) is 0 Å². The van der Waals surface area contributed by atoms with Crippen molar-refractivity contribution in [2.24, 2.45) is 0 Å². The van der Waals surface area contributed by atoms with Crippen LogP contribution in [0, 0.1) is 13.8 Å². The van der Waals surface area contributed by atoms with Gasteiger partial charge in [0, 0.05) is 16.0 Å². The largest absolute Gasteiger partial charge is 0.325 e. The fraction of sp³-hybridized carbons (Fsp3) is 0.350. The first-order valence-corrected chi connectivity index (χ1v) is 9.62. The van der Waals surface area contributed by atoms with Crippen molar-refractivity contribution >= 4 is 29.1 Å². The van der Waals surface area contributed by atoms with Gasteiger partial charge in [-0.1, -0.05) is 23.8 Å². The number of Topliss-reactive ketones (excluding diaryl/α,β-unsaturated/α-hetero) is 1. The number of urea groups is 1. The average Bonchev–Trinajstić information content (AvgIpc) is 3.16. The number of ketones is 1. The number of thiophene rings is 1. The number of carbonyl (C=O) groups is 3. The number of aryl methyl sites for hydroxylation is 3. The topological polar surface area (TPSA) is 66.5 Å². The predicted molar refractivity (Wildman–Crippen MR) is 99.4 cm³/mol. The first-order valence-electron chi connectivity index (χ1n) is 8.74. The first kappa shape index (κ1) is 17.0. The molecule has 6 heteroatoms. The molecule has 2 aliphatic rings. The van der Waals surface area contributed by atoms with Crippen LogP contribution in [0.4, 0.5) is 4.79 Å². The Kier molecular flexibility index (Phi) is 3.95. The van der Waals surface area contributed by atoms with E-state index in [1.807, 2.05) is 37.4 Å². The molecule has 1 aromatic heterocycles. The van der Waals surface area contributed by atoms with Crippen LogP contribution in [-0.2, 0) is 16.8 Å². The van der Waals surface area contributed by atoms with Crippen LogP contribution in [0.1, 0.15) is 44.8 Å². The van der Waals surface area contributed by atoms with Crippen molar-refractivity contribution in [1.82, 2.24) is 10.2 Å². The molecule has 1 aromatic carbocycles. The maximum atomic E-state index is 13.2. The van der Waals surface area contributed by atoms with Crippen molar-refractivity contribution in [3.63, 3.8) is 0 Å². The lowest BCUT2D eigenvalue weighted by atomic mass is 9.80. The number of rotatable bonds is 3. The summed E-state index contributed by atoms with van der Waals surface area (Å²) in [5.41, 5.74) is 2.38. The summed E-state index contributed by atoms with van der Waals surface area (Å²) in [6.07, 6.45) is 2.35. The molecule has 0 radical (unpaired) electrons. The van der Waals surface area contributed by atoms with E-state index in [9.17, 15) is 14.4 Å². The standard InChI is InChI=1S/C20H20N2O3S/c1-12-5-6-14(13(2)10-12)16(23)11-22-18(24)20(21-19(22)25)8-3-4-17-15(20)7-9-26-17/h5-7,9-10H,3-4,8,11H2,1-2H3,(H,21,25). The number of benzene rings is 1. The van der Waals surface area contributed by atoms with Crippen LogP contribution in [0.25, 0.3) is 0 Å². The van der Waals surface area contributed by atoms with Crippen molar-refractivity contribution < 1.29 is 14.4 Å². The summed E-state index contributed by atoms with van der Waals surface area (Å²) in [5.74, 6) is -0.524. The van der Waals surface area contributed by atoms with Gasteiger partial charge in [0.1, 0.15) is 5.54 Å². The van der Waals surface area contributed by atoms with Gasteiger partial charge < -0.3 is 5.32 Å². The zero-order valence-corrected chi connectivity index (χ0v) is 15.6. The number of fused-ring (bicyclic) bond motifs is 2. The van der Waals surface area contributed by atoms with E-state index < -0.39 is 11.6 Å². The van der Waals surface area contributed by atoms with Gasteiger partial charge >= 0.3 is 6.03 Å². The molecule has 0 saturated carbocycles. The highest BCUT2D eigenvalue weighted by molar-refractivity contribution is 7.10. The zero-order valence-electron chi connectivity index (χ0n) is 14.8. The van der Waals surface area contributed by atoms with Crippen molar-refractivity contribution in [1.29, 1.82) is 0 Å². The van der Waals surface area contributed by atoms with Crippen LogP contribution in [0.3, 0.4) is 0 Å². The van der Waals surface area contributed by atoms with Crippen molar-refractivity contribution in [2.75, 3.05) is 6.54 Å². The summed E-state index contributed by atoms with van der Waals surface area (Å²) in [6, 6.07) is 7.00. The molecular formula is C20H20N2O3S. The summed E-state index contributed by atoms with van der Waals surface area (Å²) in [4.78, 5) is 40.6. The molecule has 1 aliphatic heterocycles. The molecule has 1 unspecified atom stereocenters. The Morgan fingerprint density at radius 1 is 1.27 bits per heavy atom. The lowest BCUT2D eigenvalue weighted by Crippen LogP contribution is -2.46.